The highest BCUT2D eigenvalue weighted by atomic mass is 19.1. The minimum atomic E-state index is -0.696. The zero-order valence-electron chi connectivity index (χ0n) is 25.5. The summed E-state index contributed by atoms with van der Waals surface area (Å²) in [6, 6.07) is 6.46. The van der Waals surface area contributed by atoms with E-state index >= 15 is 0 Å². The molecule has 0 unspecified atom stereocenters. The Balaban J connectivity index is -0.00000110. The number of furan rings is 1. The van der Waals surface area contributed by atoms with Crippen LogP contribution in [0.1, 0.15) is 75.6 Å². The van der Waals surface area contributed by atoms with E-state index in [9.17, 15) is 32.7 Å². The normalized spacial score (nSPS) is 9.07. The minimum absolute atomic E-state index is 0.0374. The van der Waals surface area contributed by atoms with Crippen molar-refractivity contribution in [3.8, 4) is 5.75 Å². The Morgan fingerprint density at radius 3 is 1.93 bits per heavy atom. The second-order valence-corrected chi connectivity index (χ2v) is 8.00. The van der Waals surface area contributed by atoms with Gasteiger partial charge in [0, 0.05) is 14.1 Å². The van der Waals surface area contributed by atoms with E-state index < -0.39 is 10.9 Å². The Bertz CT molecular complexity index is 1150. The summed E-state index contributed by atoms with van der Waals surface area (Å²) < 4.78 is 34.0. The summed E-state index contributed by atoms with van der Waals surface area (Å²) in [5.41, 5.74) is 0.0914. The van der Waals surface area contributed by atoms with Crippen LogP contribution in [0, 0.1) is 0 Å². The Kier molecular flexibility index (Phi) is 23.6. The molecule has 0 spiro atoms. The third-order valence-electron chi connectivity index (χ3n) is 4.62. The molecule has 0 fully saturated rings. The molecule has 228 valence electrons. The standard InChI is InChI=1S/C21H23N3O5.C3H8.C2H6.3CH3F/c1-11(2)12-8-13(29-10-12)9-22-16-17(20(27)19(16)26)23-15-7-5-6-14(18(15)25)21(28)24(3)4;1-3-2;4*1-2/h5-8,10-11,22-23,25H,9H2,1-4H3;3H2,1-2H3;1-2H3;3*1H3. The maximum atomic E-state index is 12.2. The van der Waals surface area contributed by atoms with Crippen LogP contribution in [0.3, 0.4) is 0 Å². The number of benzene rings is 1. The fourth-order valence-corrected chi connectivity index (χ4v) is 2.84. The van der Waals surface area contributed by atoms with Gasteiger partial charge in [0.15, 0.2) is 5.75 Å². The van der Waals surface area contributed by atoms with Gasteiger partial charge in [0.05, 0.1) is 45.6 Å². The molecule has 11 heteroatoms. The highest BCUT2D eigenvalue weighted by molar-refractivity contribution is 5.99. The Hall–Kier alpha value is -3.76. The van der Waals surface area contributed by atoms with Crippen LogP contribution in [0.5, 0.6) is 5.75 Å². The number of aromatic hydroxyl groups is 1. The number of hydrogen-bond donors (Lipinski definition) is 3. The van der Waals surface area contributed by atoms with Crippen molar-refractivity contribution >= 4 is 23.0 Å². The summed E-state index contributed by atoms with van der Waals surface area (Å²) in [7, 11) is 4.64. The zero-order valence-corrected chi connectivity index (χ0v) is 25.5. The van der Waals surface area contributed by atoms with Gasteiger partial charge in [-0.25, -0.2) is 0 Å². The van der Waals surface area contributed by atoms with Crippen molar-refractivity contribution in [2.24, 2.45) is 0 Å². The molecule has 3 N–H and O–H groups in total. The van der Waals surface area contributed by atoms with Crippen molar-refractivity contribution in [3.05, 3.63) is 67.9 Å². The molecule has 1 heterocycles. The monoisotopic (exact) mass is 573 g/mol. The van der Waals surface area contributed by atoms with Crippen molar-refractivity contribution in [3.63, 3.8) is 0 Å². The van der Waals surface area contributed by atoms with Gasteiger partial charge in [-0.2, -0.15) is 0 Å². The van der Waals surface area contributed by atoms with Gasteiger partial charge in [-0.1, -0.05) is 54.0 Å². The minimum Gasteiger partial charge on any atom is -0.505 e. The van der Waals surface area contributed by atoms with Gasteiger partial charge in [-0.05, 0) is 29.7 Å². The van der Waals surface area contributed by atoms with Crippen molar-refractivity contribution in [1.29, 1.82) is 0 Å². The smallest absolute Gasteiger partial charge is 0.257 e. The second kappa shape index (κ2) is 23.2. The molecular formula is C29H46F3N3O5. The molecule has 0 aliphatic carbocycles. The van der Waals surface area contributed by atoms with Crippen LogP contribution >= 0.6 is 0 Å². The number of anilines is 3. The number of halogens is 3. The van der Waals surface area contributed by atoms with E-state index in [0.29, 0.717) is 33.2 Å². The fourth-order valence-electron chi connectivity index (χ4n) is 2.84. The van der Waals surface area contributed by atoms with Crippen LogP contribution < -0.4 is 21.5 Å². The number of nitrogens with zero attached hydrogens (tertiary/aromatic N) is 1. The van der Waals surface area contributed by atoms with E-state index in [1.807, 2.05) is 33.8 Å². The first-order valence-electron chi connectivity index (χ1n) is 12.7. The van der Waals surface area contributed by atoms with Crippen molar-refractivity contribution in [2.75, 3.05) is 46.3 Å². The molecule has 0 bridgehead atoms. The number of rotatable bonds is 7. The summed E-state index contributed by atoms with van der Waals surface area (Å²) in [6.45, 7) is 12.6. The highest BCUT2D eigenvalue weighted by Gasteiger charge is 2.23. The molecular weight excluding hydrogens is 527 g/mol. The molecule has 1 amide bonds. The molecule has 40 heavy (non-hydrogen) atoms. The largest absolute Gasteiger partial charge is 0.505 e. The molecule has 0 saturated carbocycles. The maximum absolute atomic E-state index is 12.2. The van der Waals surface area contributed by atoms with Gasteiger partial charge < -0.3 is 25.1 Å². The quantitative estimate of drug-likeness (QED) is 0.207. The summed E-state index contributed by atoms with van der Waals surface area (Å²) in [5, 5.41) is 16.1. The van der Waals surface area contributed by atoms with E-state index in [4.69, 9.17) is 4.42 Å². The van der Waals surface area contributed by atoms with Crippen LogP contribution in [-0.2, 0) is 6.54 Å². The molecule has 2 aromatic carbocycles. The number of phenols is 1. The van der Waals surface area contributed by atoms with Crippen LogP contribution in [0.4, 0.5) is 30.2 Å². The SMILES string of the molecule is CC.CC(C)c1coc(CNc2c(Nc3cccc(C(=O)N(C)C)c3O)c(=O)c2=O)c1.CCC.CF.CF.CF. The predicted molar refractivity (Wildman–Crippen MR) is 159 cm³/mol. The van der Waals surface area contributed by atoms with Crippen LogP contribution in [0.25, 0.3) is 0 Å². The topological polar surface area (TPSA) is 112 Å². The van der Waals surface area contributed by atoms with E-state index in [-0.39, 0.29) is 40.8 Å². The average molecular weight is 574 g/mol. The number of amides is 1. The molecule has 3 aromatic rings. The summed E-state index contributed by atoms with van der Waals surface area (Å²) >= 11 is 0. The lowest BCUT2D eigenvalue weighted by Crippen LogP contribution is -2.36. The number of carbonyl (C=O) groups excluding carboxylic acids is 1. The van der Waals surface area contributed by atoms with Crippen molar-refractivity contribution in [1.82, 2.24) is 4.90 Å². The van der Waals surface area contributed by atoms with Crippen LogP contribution in [0.2, 0.25) is 0 Å². The number of phenolic OH excluding ortho intramolecular Hbond substituents is 1. The van der Waals surface area contributed by atoms with Crippen LogP contribution in [0.15, 0.2) is 44.5 Å². The lowest BCUT2D eigenvalue weighted by molar-refractivity contribution is 0.0824. The fraction of sp³-hybridized carbons (Fsp3) is 0.483. The Morgan fingerprint density at radius 2 is 1.48 bits per heavy atom. The second-order valence-electron chi connectivity index (χ2n) is 8.00. The summed E-state index contributed by atoms with van der Waals surface area (Å²) in [6.07, 6.45) is 2.91. The first-order valence-corrected chi connectivity index (χ1v) is 12.7. The van der Waals surface area contributed by atoms with Gasteiger partial charge in [0.25, 0.3) is 16.8 Å². The Labute approximate surface area is 235 Å². The lowest BCUT2D eigenvalue weighted by atomic mass is 10.1. The van der Waals surface area contributed by atoms with E-state index in [1.165, 1.54) is 23.5 Å². The average Bonchev–Trinajstić information content (AvgIpc) is 3.47. The third-order valence-corrected chi connectivity index (χ3v) is 4.62. The van der Waals surface area contributed by atoms with Crippen LogP contribution in [-0.4, -0.2) is 51.5 Å². The summed E-state index contributed by atoms with van der Waals surface area (Å²) in [5.74, 6) is 0.274. The van der Waals surface area contributed by atoms with Gasteiger partial charge in [0.1, 0.15) is 17.1 Å². The molecule has 1 aromatic heterocycles. The predicted octanol–water partition coefficient (Wildman–Crippen LogP) is 6.96. The van der Waals surface area contributed by atoms with Gasteiger partial charge >= 0.3 is 0 Å². The van der Waals surface area contributed by atoms with Crippen molar-refractivity contribution in [2.45, 2.75) is 60.4 Å². The molecule has 0 saturated heterocycles. The first-order chi connectivity index (χ1) is 19.1. The molecule has 0 aliphatic heterocycles. The maximum Gasteiger partial charge on any atom is 0.257 e. The van der Waals surface area contributed by atoms with Gasteiger partial charge in [-0.3, -0.25) is 27.6 Å². The number of carbonyl (C=O) groups is 1. The Morgan fingerprint density at radius 1 is 0.975 bits per heavy atom. The molecule has 3 rings (SSSR count). The van der Waals surface area contributed by atoms with E-state index in [0.717, 1.165) is 5.56 Å². The molecule has 0 atom stereocenters. The number of alkyl halides is 3. The van der Waals surface area contributed by atoms with E-state index in [2.05, 4.69) is 24.5 Å². The number of hydrogen-bond acceptors (Lipinski definition) is 7. The summed E-state index contributed by atoms with van der Waals surface area (Å²) in [4.78, 5) is 37.5. The highest BCUT2D eigenvalue weighted by Crippen LogP contribution is 2.32. The number of para-hydroxylation sites is 1. The third kappa shape index (κ3) is 12.0. The zero-order chi connectivity index (χ0) is 32.0. The number of nitrogens with one attached hydrogen (secondary N) is 2. The van der Waals surface area contributed by atoms with Gasteiger partial charge in [-0.15, -0.1) is 0 Å². The van der Waals surface area contributed by atoms with Gasteiger partial charge in [0.2, 0.25) is 0 Å². The lowest BCUT2D eigenvalue weighted by Gasteiger charge is -2.17. The molecule has 0 radical (unpaired) electrons. The van der Waals surface area contributed by atoms with E-state index in [1.54, 1.807) is 26.4 Å². The molecule has 0 aliphatic rings. The molecule has 8 nitrogen and oxygen atoms in total. The first kappa shape index (κ1) is 40.7. The van der Waals surface area contributed by atoms with Crippen molar-refractivity contribution < 1.29 is 27.5 Å².